The van der Waals surface area contributed by atoms with Crippen LogP contribution >= 0.6 is 0 Å². The van der Waals surface area contributed by atoms with Crippen molar-refractivity contribution in [2.24, 2.45) is 5.73 Å². The number of carbonyl (C=O) groups excluding carboxylic acids is 1. The highest BCUT2D eigenvalue weighted by molar-refractivity contribution is 5.83. The Hall–Kier alpha value is -1.28. The van der Waals surface area contributed by atoms with Crippen molar-refractivity contribution in [3.05, 3.63) is 11.3 Å². The van der Waals surface area contributed by atoms with Crippen molar-refractivity contribution in [2.45, 2.75) is 31.1 Å². The Morgan fingerprint density at radius 1 is 1.29 bits per heavy atom. The minimum Gasteiger partial charge on any atom is -0.378 e. The summed E-state index contributed by atoms with van der Waals surface area (Å²) in [5.41, 5.74) is 7.68. The molecule has 1 saturated heterocycles. The number of ether oxygens (including phenoxy) is 1. The van der Waals surface area contributed by atoms with Crippen LogP contribution < -0.4 is 5.73 Å². The fourth-order valence-electron chi connectivity index (χ4n) is 3.36. The molecule has 1 fully saturated rings. The molecule has 0 bridgehead atoms. The van der Waals surface area contributed by atoms with Gasteiger partial charge in [0.05, 0.1) is 25.8 Å². The lowest BCUT2D eigenvalue weighted by molar-refractivity contribution is -0.184. The first-order valence-electron chi connectivity index (χ1n) is 7.03. The van der Waals surface area contributed by atoms with Gasteiger partial charge in [-0.25, -0.2) is 0 Å². The largest absolute Gasteiger partial charge is 0.471 e. The summed E-state index contributed by atoms with van der Waals surface area (Å²) in [6, 6.07) is 0.0601. The Labute approximate surface area is 120 Å². The zero-order valence-electron chi connectivity index (χ0n) is 11.5. The molecule has 21 heavy (non-hydrogen) atoms. The van der Waals surface area contributed by atoms with Crippen molar-refractivity contribution in [3.63, 3.8) is 0 Å². The van der Waals surface area contributed by atoms with E-state index in [1.54, 1.807) is 0 Å². The molecule has 2 atom stereocenters. The molecule has 0 aromatic carbocycles. The van der Waals surface area contributed by atoms with E-state index in [1.807, 2.05) is 0 Å². The van der Waals surface area contributed by atoms with Crippen LogP contribution in [-0.4, -0.2) is 66.8 Å². The van der Waals surface area contributed by atoms with Gasteiger partial charge < -0.3 is 20.3 Å². The van der Waals surface area contributed by atoms with Crippen LogP contribution in [0.1, 0.15) is 12.8 Å². The molecular weight excluding hydrogens is 287 g/mol. The molecule has 1 amide bonds. The first-order chi connectivity index (χ1) is 9.86. The van der Waals surface area contributed by atoms with Crippen molar-refractivity contribution in [2.75, 3.05) is 32.8 Å². The quantitative estimate of drug-likeness (QED) is 0.765. The number of nitrogens with zero attached hydrogens (tertiary/aromatic N) is 2. The molecule has 0 saturated carbocycles. The zero-order chi connectivity index (χ0) is 15.2. The number of hydrogen-bond donors (Lipinski definition) is 1. The molecule has 0 aromatic heterocycles. The zero-order valence-corrected chi connectivity index (χ0v) is 11.5. The lowest BCUT2D eigenvalue weighted by Gasteiger charge is -2.37. The molecule has 3 heterocycles. The Bertz CT molecular complexity index is 478. The maximum absolute atomic E-state index is 12.5. The van der Waals surface area contributed by atoms with E-state index in [0.717, 1.165) is 29.1 Å². The van der Waals surface area contributed by atoms with E-state index in [0.29, 0.717) is 19.6 Å². The molecule has 2 N–H and O–H groups in total. The third kappa shape index (κ3) is 2.74. The number of carbonyl (C=O) groups is 1. The van der Waals surface area contributed by atoms with E-state index >= 15 is 0 Å². The molecule has 2 unspecified atom stereocenters. The summed E-state index contributed by atoms with van der Waals surface area (Å²) in [6.45, 7) is 1.97. The van der Waals surface area contributed by atoms with E-state index in [4.69, 9.17) is 10.5 Å². The second-order valence-electron chi connectivity index (χ2n) is 5.84. The molecule has 3 aliphatic heterocycles. The average Bonchev–Trinajstić information content (AvgIpc) is 2.96. The molecule has 5 nitrogen and oxygen atoms in total. The van der Waals surface area contributed by atoms with Gasteiger partial charge in [0.1, 0.15) is 0 Å². The molecule has 0 aliphatic carbocycles. The number of halogens is 3. The summed E-state index contributed by atoms with van der Waals surface area (Å²) < 4.78 is 43.0. The Morgan fingerprint density at radius 2 is 2.05 bits per heavy atom. The Balaban J connectivity index is 1.68. The van der Waals surface area contributed by atoms with Crippen LogP contribution in [0.15, 0.2) is 11.3 Å². The topological polar surface area (TPSA) is 58.8 Å². The summed E-state index contributed by atoms with van der Waals surface area (Å²) in [7, 11) is 0. The van der Waals surface area contributed by atoms with Gasteiger partial charge in [-0.2, -0.15) is 13.2 Å². The highest BCUT2D eigenvalue weighted by Gasteiger charge is 2.46. The predicted molar refractivity (Wildman–Crippen MR) is 68.2 cm³/mol. The number of hydrogen-bond acceptors (Lipinski definition) is 4. The predicted octanol–water partition coefficient (Wildman–Crippen LogP) is 0.467. The minimum atomic E-state index is -4.80. The summed E-state index contributed by atoms with van der Waals surface area (Å²) in [6.07, 6.45) is -3.33. The second kappa shape index (κ2) is 5.17. The van der Waals surface area contributed by atoms with Gasteiger partial charge in [0, 0.05) is 24.8 Å². The lowest BCUT2D eigenvalue weighted by Crippen LogP contribution is -2.48. The standard InChI is InChI=1S/C13H18F3N3O2/c14-13(15,16)12(20)18-4-8-1-2-19(11(8)5-18)10-3-9(17)6-21-7-10/h9-10H,1-7,17H2. The van der Waals surface area contributed by atoms with Gasteiger partial charge in [0.25, 0.3) is 0 Å². The SMILES string of the molecule is NC1COCC(N2CCC3=C2CN(C(=O)C(F)(F)F)C3)C1. The van der Waals surface area contributed by atoms with Gasteiger partial charge in [-0.15, -0.1) is 0 Å². The van der Waals surface area contributed by atoms with Crippen molar-refractivity contribution >= 4 is 5.91 Å². The van der Waals surface area contributed by atoms with Crippen molar-refractivity contribution in [3.8, 4) is 0 Å². The van der Waals surface area contributed by atoms with Gasteiger partial charge in [-0.3, -0.25) is 4.79 Å². The Morgan fingerprint density at radius 3 is 2.71 bits per heavy atom. The highest BCUT2D eigenvalue weighted by atomic mass is 19.4. The number of amides is 1. The molecule has 0 radical (unpaired) electrons. The van der Waals surface area contributed by atoms with Gasteiger partial charge in [-0.05, 0) is 18.4 Å². The van der Waals surface area contributed by atoms with E-state index in [2.05, 4.69) is 4.90 Å². The van der Waals surface area contributed by atoms with Crippen LogP contribution in [0.5, 0.6) is 0 Å². The molecule has 8 heteroatoms. The summed E-state index contributed by atoms with van der Waals surface area (Å²) in [4.78, 5) is 14.3. The first kappa shape index (κ1) is 14.6. The summed E-state index contributed by atoms with van der Waals surface area (Å²) in [5.74, 6) is -1.76. The number of rotatable bonds is 1. The minimum absolute atomic E-state index is 0.0392. The fraction of sp³-hybridized carbons (Fsp3) is 0.769. The monoisotopic (exact) mass is 305 g/mol. The molecule has 0 aromatic rings. The van der Waals surface area contributed by atoms with Gasteiger partial charge in [-0.1, -0.05) is 0 Å². The fourth-order valence-corrected chi connectivity index (χ4v) is 3.36. The normalized spacial score (nSPS) is 30.1. The van der Waals surface area contributed by atoms with Crippen molar-refractivity contribution in [1.82, 2.24) is 9.80 Å². The molecule has 118 valence electrons. The van der Waals surface area contributed by atoms with Crippen molar-refractivity contribution < 1.29 is 22.7 Å². The van der Waals surface area contributed by atoms with E-state index in [1.165, 1.54) is 0 Å². The average molecular weight is 305 g/mol. The van der Waals surface area contributed by atoms with Gasteiger partial charge in [0.15, 0.2) is 0 Å². The van der Waals surface area contributed by atoms with Gasteiger partial charge >= 0.3 is 12.1 Å². The van der Waals surface area contributed by atoms with E-state index in [-0.39, 0.29) is 25.2 Å². The second-order valence-corrected chi connectivity index (χ2v) is 5.84. The third-order valence-electron chi connectivity index (χ3n) is 4.32. The molecular formula is C13H18F3N3O2. The summed E-state index contributed by atoms with van der Waals surface area (Å²) >= 11 is 0. The molecule has 3 aliphatic rings. The smallest absolute Gasteiger partial charge is 0.378 e. The van der Waals surface area contributed by atoms with Crippen LogP contribution in [-0.2, 0) is 9.53 Å². The van der Waals surface area contributed by atoms with Crippen LogP contribution in [0.4, 0.5) is 13.2 Å². The van der Waals surface area contributed by atoms with E-state index < -0.39 is 12.1 Å². The van der Waals surface area contributed by atoms with Gasteiger partial charge in [0.2, 0.25) is 0 Å². The number of alkyl halides is 3. The van der Waals surface area contributed by atoms with Crippen LogP contribution in [0.25, 0.3) is 0 Å². The van der Waals surface area contributed by atoms with Crippen LogP contribution in [0, 0.1) is 0 Å². The van der Waals surface area contributed by atoms with Crippen LogP contribution in [0.2, 0.25) is 0 Å². The lowest BCUT2D eigenvalue weighted by atomic mass is 10.0. The highest BCUT2D eigenvalue weighted by Crippen LogP contribution is 2.34. The number of nitrogens with two attached hydrogens (primary N) is 1. The van der Waals surface area contributed by atoms with Crippen molar-refractivity contribution in [1.29, 1.82) is 0 Å². The molecule has 3 rings (SSSR count). The summed E-state index contributed by atoms with van der Waals surface area (Å²) in [5, 5.41) is 0. The Kier molecular flexibility index (Phi) is 3.61. The van der Waals surface area contributed by atoms with Crippen LogP contribution in [0.3, 0.4) is 0 Å². The molecule has 0 spiro atoms. The van der Waals surface area contributed by atoms with E-state index in [9.17, 15) is 18.0 Å². The first-order valence-corrected chi connectivity index (χ1v) is 7.03. The maximum atomic E-state index is 12.5. The third-order valence-corrected chi connectivity index (χ3v) is 4.32. The maximum Gasteiger partial charge on any atom is 0.471 e.